The Kier molecular flexibility index (Phi) is 4.31. The predicted octanol–water partition coefficient (Wildman–Crippen LogP) is 2.53. The molecule has 1 aromatic heterocycles. The third-order valence-corrected chi connectivity index (χ3v) is 3.77. The van der Waals surface area contributed by atoms with Gasteiger partial charge in [-0.3, -0.25) is 9.59 Å². The van der Waals surface area contributed by atoms with E-state index in [0.717, 1.165) is 27.7 Å². The number of hydrogen-bond acceptors (Lipinski definition) is 3. The molecular formula is C16H19NO4. The van der Waals surface area contributed by atoms with Gasteiger partial charge in [0.15, 0.2) is 0 Å². The fraction of sp³-hybridized carbons (Fsp3) is 0.375. The fourth-order valence-electron chi connectivity index (χ4n) is 2.21. The van der Waals surface area contributed by atoms with E-state index < -0.39 is 5.97 Å². The summed E-state index contributed by atoms with van der Waals surface area (Å²) in [6.45, 7) is 4.22. The number of furan rings is 1. The summed E-state index contributed by atoms with van der Waals surface area (Å²) >= 11 is 0. The number of hydrogen-bond donors (Lipinski definition) is 1. The third-order valence-electron chi connectivity index (χ3n) is 3.77. The van der Waals surface area contributed by atoms with Crippen molar-refractivity contribution in [2.24, 2.45) is 0 Å². The standard InChI is InChI=1S/C16H19NO4/c1-10-4-5-13-12(9-21-16(13)11(10)2)8-14(18)17(3)7-6-15(19)20/h4-5,9H,6-8H2,1-3H3,(H,19,20). The SMILES string of the molecule is Cc1ccc2c(CC(=O)N(C)CCC(=O)O)coc2c1C. The molecule has 5 nitrogen and oxygen atoms in total. The number of aryl methyl sites for hydroxylation is 2. The molecule has 0 spiro atoms. The Hall–Kier alpha value is -2.30. The normalized spacial score (nSPS) is 10.8. The highest BCUT2D eigenvalue weighted by molar-refractivity contribution is 5.89. The van der Waals surface area contributed by atoms with Crippen LogP contribution in [0.15, 0.2) is 22.8 Å². The van der Waals surface area contributed by atoms with Crippen LogP contribution in [0, 0.1) is 13.8 Å². The lowest BCUT2D eigenvalue weighted by Crippen LogP contribution is -2.30. The van der Waals surface area contributed by atoms with Gasteiger partial charge in [0.2, 0.25) is 5.91 Å². The molecule has 1 amide bonds. The Morgan fingerprint density at radius 1 is 1.29 bits per heavy atom. The Morgan fingerprint density at radius 2 is 2.00 bits per heavy atom. The van der Waals surface area contributed by atoms with Crippen LogP contribution in [-0.2, 0) is 16.0 Å². The summed E-state index contributed by atoms with van der Waals surface area (Å²) in [7, 11) is 1.61. The van der Waals surface area contributed by atoms with Crippen molar-refractivity contribution < 1.29 is 19.1 Å². The summed E-state index contributed by atoms with van der Waals surface area (Å²) in [5.41, 5.74) is 3.87. The van der Waals surface area contributed by atoms with E-state index in [2.05, 4.69) is 0 Å². The van der Waals surface area contributed by atoms with E-state index in [1.165, 1.54) is 4.90 Å². The van der Waals surface area contributed by atoms with Crippen molar-refractivity contribution in [1.82, 2.24) is 4.90 Å². The summed E-state index contributed by atoms with van der Waals surface area (Å²) in [6.07, 6.45) is 1.78. The number of rotatable bonds is 5. The average molecular weight is 289 g/mol. The molecule has 0 unspecified atom stereocenters. The Morgan fingerprint density at radius 3 is 2.67 bits per heavy atom. The summed E-state index contributed by atoms with van der Waals surface area (Å²) in [4.78, 5) is 24.1. The van der Waals surface area contributed by atoms with E-state index in [1.54, 1.807) is 13.3 Å². The molecule has 21 heavy (non-hydrogen) atoms. The second kappa shape index (κ2) is 5.99. The van der Waals surface area contributed by atoms with Crippen LogP contribution in [0.4, 0.5) is 0 Å². The first-order valence-electron chi connectivity index (χ1n) is 6.82. The second-order valence-corrected chi connectivity index (χ2v) is 5.28. The van der Waals surface area contributed by atoms with Crippen LogP contribution >= 0.6 is 0 Å². The molecule has 1 aromatic carbocycles. The molecule has 5 heteroatoms. The first kappa shape index (κ1) is 15.1. The molecule has 1 N–H and O–H groups in total. The molecule has 1 heterocycles. The number of carboxylic acids is 1. The van der Waals surface area contributed by atoms with Gasteiger partial charge in [0.25, 0.3) is 0 Å². The van der Waals surface area contributed by atoms with E-state index in [9.17, 15) is 9.59 Å². The molecule has 2 rings (SSSR count). The number of aliphatic carboxylic acids is 1. The molecule has 0 aliphatic heterocycles. The number of carbonyl (C=O) groups is 2. The van der Waals surface area contributed by atoms with Crippen LogP contribution < -0.4 is 0 Å². The topological polar surface area (TPSA) is 70.8 Å². The summed E-state index contributed by atoms with van der Waals surface area (Å²) < 4.78 is 5.57. The number of benzene rings is 1. The molecular weight excluding hydrogens is 270 g/mol. The van der Waals surface area contributed by atoms with E-state index in [-0.39, 0.29) is 25.3 Å². The molecule has 0 fully saturated rings. The van der Waals surface area contributed by atoms with Crippen molar-refractivity contribution in [3.8, 4) is 0 Å². The second-order valence-electron chi connectivity index (χ2n) is 5.28. The van der Waals surface area contributed by atoms with Crippen LogP contribution in [0.1, 0.15) is 23.1 Å². The molecule has 0 aliphatic rings. The van der Waals surface area contributed by atoms with Crippen molar-refractivity contribution in [2.75, 3.05) is 13.6 Å². The molecule has 0 saturated carbocycles. The van der Waals surface area contributed by atoms with Crippen molar-refractivity contribution in [3.63, 3.8) is 0 Å². The number of likely N-dealkylation sites (N-methyl/N-ethyl adjacent to an activating group) is 1. The zero-order valence-electron chi connectivity index (χ0n) is 12.5. The highest BCUT2D eigenvalue weighted by Crippen LogP contribution is 2.26. The summed E-state index contributed by atoms with van der Waals surface area (Å²) in [6, 6.07) is 3.97. The van der Waals surface area contributed by atoms with Gasteiger partial charge in [0.1, 0.15) is 5.58 Å². The van der Waals surface area contributed by atoms with Gasteiger partial charge in [-0.15, -0.1) is 0 Å². The minimum atomic E-state index is -0.908. The van der Waals surface area contributed by atoms with Gasteiger partial charge in [-0.2, -0.15) is 0 Å². The number of nitrogens with zero attached hydrogens (tertiary/aromatic N) is 1. The number of amides is 1. The number of fused-ring (bicyclic) bond motifs is 1. The highest BCUT2D eigenvalue weighted by Gasteiger charge is 2.15. The van der Waals surface area contributed by atoms with Gasteiger partial charge in [0, 0.05) is 24.5 Å². The number of carbonyl (C=O) groups excluding carboxylic acids is 1. The Balaban J connectivity index is 2.15. The minimum absolute atomic E-state index is 0.0489. The molecule has 0 saturated heterocycles. The zero-order valence-corrected chi connectivity index (χ0v) is 12.5. The van der Waals surface area contributed by atoms with E-state index >= 15 is 0 Å². The zero-order chi connectivity index (χ0) is 15.6. The first-order valence-corrected chi connectivity index (χ1v) is 6.82. The molecule has 2 aromatic rings. The summed E-state index contributed by atoms with van der Waals surface area (Å²) in [5, 5.41) is 9.59. The van der Waals surface area contributed by atoms with Gasteiger partial charge >= 0.3 is 5.97 Å². The lowest BCUT2D eigenvalue weighted by molar-refractivity contribution is -0.138. The van der Waals surface area contributed by atoms with Crippen molar-refractivity contribution in [2.45, 2.75) is 26.7 Å². The summed E-state index contributed by atoms with van der Waals surface area (Å²) in [5.74, 6) is -1.02. The van der Waals surface area contributed by atoms with Crippen molar-refractivity contribution in [1.29, 1.82) is 0 Å². The molecule has 112 valence electrons. The maximum atomic E-state index is 12.1. The van der Waals surface area contributed by atoms with Gasteiger partial charge < -0.3 is 14.4 Å². The fourth-order valence-corrected chi connectivity index (χ4v) is 2.21. The van der Waals surface area contributed by atoms with Crippen molar-refractivity contribution >= 4 is 22.8 Å². The Bertz CT molecular complexity index is 687. The first-order chi connectivity index (χ1) is 9.90. The highest BCUT2D eigenvalue weighted by atomic mass is 16.4. The van der Waals surface area contributed by atoms with E-state index in [1.807, 2.05) is 26.0 Å². The molecule has 0 atom stereocenters. The van der Waals surface area contributed by atoms with Crippen LogP contribution in [0.2, 0.25) is 0 Å². The number of carboxylic acid groups (broad SMARTS) is 1. The van der Waals surface area contributed by atoms with Crippen LogP contribution in [0.3, 0.4) is 0 Å². The maximum Gasteiger partial charge on any atom is 0.305 e. The van der Waals surface area contributed by atoms with Crippen LogP contribution in [0.5, 0.6) is 0 Å². The smallest absolute Gasteiger partial charge is 0.305 e. The minimum Gasteiger partial charge on any atom is -0.481 e. The lowest BCUT2D eigenvalue weighted by atomic mass is 10.0. The quantitative estimate of drug-likeness (QED) is 0.918. The van der Waals surface area contributed by atoms with Gasteiger partial charge in [0.05, 0.1) is 19.1 Å². The van der Waals surface area contributed by atoms with E-state index in [4.69, 9.17) is 9.52 Å². The lowest BCUT2D eigenvalue weighted by Gasteiger charge is -2.15. The Labute approximate surface area is 123 Å². The average Bonchev–Trinajstić information content (AvgIpc) is 2.83. The van der Waals surface area contributed by atoms with Crippen LogP contribution in [-0.4, -0.2) is 35.5 Å². The molecule has 0 bridgehead atoms. The maximum absolute atomic E-state index is 12.1. The van der Waals surface area contributed by atoms with Gasteiger partial charge in [-0.25, -0.2) is 0 Å². The van der Waals surface area contributed by atoms with Crippen molar-refractivity contribution in [3.05, 3.63) is 35.1 Å². The third kappa shape index (κ3) is 3.24. The molecule has 0 radical (unpaired) electrons. The van der Waals surface area contributed by atoms with Gasteiger partial charge in [-0.05, 0) is 25.0 Å². The van der Waals surface area contributed by atoms with Gasteiger partial charge in [-0.1, -0.05) is 12.1 Å². The molecule has 0 aliphatic carbocycles. The predicted molar refractivity (Wildman–Crippen MR) is 79.3 cm³/mol. The van der Waals surface area contributed by atoms with E-state index in [0.29, 0.717) is 0 Å². The monoisotopic (exact) mass is 289 g/mol. The largest absolute Gasteiger partial charge is 0.481 e. The van der Waals surface area contributed by atoms with Crippen LogP contribution in [0.25, 0.3) is 11.0 Å².